The van der Waals surface area contributed by atoms with Gasteiger partial charge in [-0.25, -0.2) is 4.39 Å². The minimum absolute atomic E-state index is 0.158. The zero-order chi connectivity index (χ0) is 15.0. The third-order valence-corrected chi connectivity index (χ3v) is 3.95. The van der Waals surface area contributed by atoms with Gasteiger partial charge in [0.15, 0.2) is 0 Å². The van der Waals surface area contributed by atoms with Gasteiger partial charge < -0.3 is 9.63 Å². The number of hydrogen-bond donors (Lipinski definition) is 1. The van der Waals surface area contributed by atoms with Crippen molar-refractivity contribution in [2.75, 3.05) is 0 Å². The third-order valence-electron chi connectivity index (χ3n) is 3.04. The molecule has 4 nitrogen and oxygen atoms in total. The second kappa shape index (κ2) is 5.44. The highest BCUT2D eigenvalue weighted by atomic mass is 127. The topological polar surface area (TPSA) is 59.2 Å². The van der Waals surface area contributed by atoms with Crippen LogP contribution in [0.25, 0.3) is 22.8 Å². The second-order valence-electron chi connectivity index (χ2n) is 4.55. The summed E-state index contributed by atoms with van der Waals surface area (Å²) in [4.78, 5) is 4.28. The molecule has 3 rings (SSSR count). The number of hydrogen-bond acceptors (Lipinski definition) is 4. The molecular formula is C15H10FIN2O2. The van der Waals surface area contributed by atoms with E-state index in [1.165, 1.54) is 6.07 Å². The second-order valence-corrected chi connectivity index (χ2v) is 5.72. The van der Waals surface area contributed by atoms with Gasteiger partial charge in [-0.1, -0.05) is 5.16 Å². The molecule has 0 saturated heterocycles. The van der Waals surface area contributed by atoms with E-state index >= 15 is 0 Å². The maximum Gasteiger partial charge on any atom is 0.258 e. The van der Waals surface area contributed by atoms with Crippen LogP contribution in [0.4, 0.5) is 4.39 Å². The highest BCUT2D eigenvalue weighted by Gasteiger charge is 2.12. The van der Waals surface area contributed by atoms with E-state index in [1.807, 2.05) is 22.6 Å². The predicted molar refractivity (Wildman–Crippen MR) is 84.2 cm³/mol. The lowest BCUT2D eigenvalue weighted by Gasteiger charge is -1.99. The number of phenols is 1. The number of aromatic hydroxyl groups is 1. The molecule has 1 N–H and O–H groups in total. The van der Waals surface area contributed by atoms with E-state index in [1.54, 1.807) is 37.3 Å². The fraction of sp³-hybridized carbons (Fsp3) is 0.0667. The fourth-order valence-corrected chi connectivity index (χ4v) is 2.22. The number of halogens is 2. The average Bonchev–Trinajstić information content (AvgIpc) is 2.94. The zero-order valence-electron chi connectivity index (χ0n) is 11.0. The van der Waals surface area contributed by atoms with Gasteiger partial charge in [0.05, 0.1) is 3.57 Å². The van der Waals surface area contributed by atoms with Crippen molar-refractivity contribution in [3.8, 4) is 28.6 Å². The Hall–Kier alpha value is -1.96. The number of rotatable bonds is 2. The zero-order valence-corrected chi connectivity index (χ0v) is 13.1. The lowest BCUT2D eigenvalue weighted by Crippen LogP contribution is -1.86. The van der Waals surface area contributed by atoms with Crippen LogP contribution in [-0.4, -0.2) is 15.2 Å². The maximum absolute atomic E-state index is 13.3. The van der Waals surface area contributed by atoms with Crippen LogP contribution in [0, 0.1) is 16.3 Å². The predicted octanol–water partition coefficient (Wildman–Crippen LogP) is 4.16. The molecule has 3 aromatic rings. The van der Waals surface area contributed by atoms with Crippen LogP contribution in [0.15, 0.2) is 40.9 Å². The number of aromatic nitrogens is 2. The molecule has 0 aliphatic heterocycles. The molecule has 0 saturated carbocycles. The first-order valence-corrected chi connectivity index (χ1v) is 7.21. The maximum atomic E-state index is 13.3. The Bertz CT molecular complexity index is 751. The van der Waals surface area contributed by atoms with Gasteiger partial charge in [0.1, 0.15) is 11.6 Å². The summed E-state index contributed by atoms with van der Waals surface area (Å²) in [6, 6.07) is 9.75. The van der Waals surface area contributed by atoms with Crippen molar-refractivity contribution in [1.29, 1.82) is 0 Å². The molecule has 106 valence electrons. The molecule has 0 spiro atoms. The van der Waals surface area contributed by atoms with Crippen LogP contribution in [0.3, 0.4) is 0 Å². The van der Waals surface area contributed by atoms with Gasteiger partial charge >= 0.3 is 0 Å². The van der Waals surface area contributed by atoms with Gasteiger partial charge in [-0.3, -0.25) is 0 Å². The minimum atomic E-state index is -0.273. The summed E-state index contributed by atoms with van der Waals surface area (Å²) in [5.41, 5.74) is 1.83. The monoisotopic (exact) mass is 396 g/mol. The molecule has 0 fully saturated rings. The Morgan fingerprint density at radius 3 is 2.62 bits per heavy atom. The average molecular weight is 396 g/mol. The quantitative estimate of drug-likeness (QED) is 0.661. The van der Waals surface area contributed by atoms with Crippen molar-refractivity contribution in [2.45, 2.75) is 6.92 Å². The Morgan fingerprint density at radius 2 is 1.90 bits per heavy atom. The molecule has 0 unspecified atom stereocenters. The van der Waals surface area contributed by atoms with Gasteiger partial charge in [0, 0.05) is 11.1 Å². The highest BCUT2D eigenvalue weighted by Crippen LogP contribution is 2.28. The van der Waals surface area contributed by atoms with Crippen LogP contribution in [0.5, 0.6) is 5.75 Å². The molecule has 1 aromatic heterocycles. The van der Waals surface area contributed by atoms with E-state index in [9.17, 15) is 9.50 Å². The standard InChI is InChI=1S/C15H10FIN2O2/c1-8-6-9(2-4-11(8)16)14-18-15(21-19-14)10-3-5-12(17)13(20)7-10/h2-7,20H,1H3. The molecule has 6 heteroatoms. The smallest absolute Gasteiger partial charge is 0.258 e. The molecule has 21 heavy (non-hydrogen) atoms. The number of benzene rings is 2. The summed E-state index contributed by atoms with van der Waals surface area (Å²) in [5.74, 6) is 0.570. The largest absolute Gasteiger partial charge is 0.507 e. The summed E-state index contributed by atoms with van der Waals surface area (Å²) >= 11 is 2.03. The Morgan fingerprint density at radius 1 is 1.14 bits per heavy atom. The van der Waals surface area contributed by atoms with Crippen molar-refractivity contribution < 1.29 is 14.0 Å². The normalized spacial score (nSPS) is 10.8. The number of aryl methyl sites for hydroxylation is 1. The minimum Gasteiger partial charge on any atom is -0.507 e. The molecule has 0 bridgehead atoms. The van der Waals surface area contributed by atoms with Crippen LogP contribution in [0.1, 0.15) is 5.56 Å². The number of phenolic OH excluding ortho intramolecular Hbond substituents is 1. The van der Waals surface area contributed by atoms with Crippen molar-refractivity contribution in [3.63, 3.8) is 0 Å². The Labute approximate surface area is 133 Å². The van der Waals surface area contributed by atoms with E-state index < -0.39 is 0 Å². The lowest BCUT2D eigenvalue weighted by molar-refractivity contribution is 0.431. The molecule has 2 aromatic carbocycles. The van der Waals surface area contributed by atoms with E-state index in [0.29, 0.717) is 28.4 Å². The Kier molecular flexibility index (Phi) is 3.62. The van der Waals surface area contributed by atoms with Crippen LogP contribution >= 0.6 is 22.6 Å². The molecule has 0 aliphatic rings. The van der Waals surface area contributed by atoms with Gasteiger partial charge in [0.2, 0.25) is 5.82 Å². The van der Waals surface area contributed by atoms with Crippen molar-refractivity contribution in [3.05, 3.63) is 51.3 Å². The van der Waals surface area contributed by atoms with Crippen molar-refractivity contribution in [2.24, 2.45) is 0 Å². The molecule has 0 radical (unpaired) electrons. The Balaban J connectivity index is 1.99. The summed E-state index contributed by atoms with van der Waals surface area (Å²) in [7, 11) is 0. The van der Waals surface area contributed by atoms with Gasteiger partial charge in [-0.2, -0.15) is 4.98 Å². The third kappa shape index (κ3) is 2.76. The summed E-state index contributed by atoms with van der Waals surface area (Å²) in [6.45, 7) is 1.68. The first-order chi connectivity index (χ1) is 10.0. The van der Waals surface area contributed by atoms with Crippen molar-refractivity contribution in [1.82, 2.24) is 10.1 Å². The van der Waals surface area contributed by atoms with Crippen LogP contribution < -0.4 is 0 Å². The van der Waals surface area contributed by atoms with Crippen LogP contribution in [0.2, 0.25) is 0 Å². The van der Waals surface area contributed by atoms with E-state index in [2.05, 4.69) is 10.1 Å². The molecule has 0 aliphatic carbocycles. The summed E-state index contributed by atoms with van der Waals surface area (Å²) < 4.78 is 19.2. The summed E-state index contributed by atoms with van der Waals surface area (Å²) in [5, 5.41) is 13.6. The van der Waals surface area contributed by atoms with Crippen molar-refractivity contribution >= 4 is 22.6 Å². The van der Waals surface area contributed by atoms with E-state index in [4.69, 9.17) is 4.52 Å². The summed E-state index contributed by atoms with van der Waals surface area (Å²) in [6.07, 6.45) is 0. The van der Waals surface area contributed by atoms with Crippen LogP contribution in [-0.2, 0) is 0 Å². The highest BCUT2D eigenvalue weighted by molar-refractivity contribution is 14.1. The molecule has 1 heterocycles. The van der Waals surface area contributed by atoms with Gasteiger partial charge in [0.25, 0.3) is 5.89 Å². The number of nitrogens with zero attached hydrogens (tertiary/aromatic N) is 2. The fourth-order valence-electron chi connectivity index (χ4n) is 1.89. The molecule has 0 atom stereocenters. The molecule has 0 amide bonds. The first kappa shape index (κ1) is 14.0. The van der Waals surface area contributed by atoms with Gasteiger partial charge in [-0.05, 0) is 71.5 Å². The van der Waals surface area contributed by atoms with E-state index in [0.717, 1.165) is 3.57 Å². The molecular weight excluding hydrogens is 386 g/mol. The SMILES string of the molecule is Cc1cc(-c2noc(-c3ccc(I)c(O)c3)n2)ccc1F. The first-order valence-electron chi connectivity index (χ1n) is 6.14. The van der Waals surface area contributed by atoms with Gasteiger partial charge in [-0.15, -0.1) is 0 Å². The lowest BCUT2D eigenvalue weighted by atomic mass is 10.1. The van der Waals surface area contributed by atoms with E-state index in [-0.39, 0.29) is 11.6 Å².